The minimum Gasteiger partial charge on any atom is -0.465 e. The fraction of sp³-hybridized carbons (Fsp3) is 0.250. The van der Waals surface area contributed by atoms with Gasteiger partial charge >= 0.3 is 0 Å². The fourth-order valence-corrected chi connectivity index (χ4v) is 1.11. The number of aryl methyl sites for hydroxylation is 2. The molecule has 0 aliphatic heterocycles. The van der Waals surface area contributed by atoms with E-state index in [1.165, 1.54) is 0 Å². The summed E-state index contributed by atoms with van der Waals surface area (Å²) in [5.74, 6) is 2.93. The Morgan fingerprint density at radius 3 is 2.00 bits per heavy atom. The summed E-state index contributed by atoms with van der Waals surface area (Å²) < 4.78 is 9.97. The molecule has 0 radical (unpaired) electrons. The van der Waals surface area contributed by atoms with Crippen LogP contribution in [-0.2, 0) is 6.54 Å². The third kappa shape index (κ3) is 3.74. The van der Waals surface area contributed by atoms with Crippen LogP contribution in [0.4, 0.5) is 0 Å². The van der Waals surface area contributed by atoms with E-state index in [1.807, 2.05) is 19.1 Å². The average molecular weight is 221 g/mol. The minimum atomic E-state index is 0.391. The third-order valence-electron chi connectivity index (χ3n) is 1.87. The SMILES string of the molecule is Cc1ccc(C=O)o1.Cc1ccc(CN)o1. The highest BCUT2D eigenvalue weighted by Gasteiger charge is 1.92. The fourth-order valence-electron chi connectivity index (χ4n) is 1.11. The van der Waals surface area contributed by atoms with Crippen LogP contribution >= 0.6 is 0 Å². The Kier molecular flexibility index (Phi) is 4.54. The van der Waals surface area contributed by atoms with Gasteiger partial charge in [0, 0.05) is 0 Å². The lowest BCUT2D eigenvalue weighted by molar-refractivity contribution is 0.109. The van der Waals surface area contributed by atoms with Crippen molar-refractivity contribution in [3.63, 3.8) is 0 Å². The highest BCUT2D eigenvalue weighted by atomic mass is 16.3. The molecule has 0 aliphatic rings. The lowest BCUT2D eigenvalue weighted by atomic mass is 10.4. The quantitative estimate of drug-likeness (QED) is 0.791. The molecular weight excluding hydrogens is 206 g/mol. The Bertz CT molecular complexity index is 443. The van der Waals surface area contributed by atoms with E-state index in [2.05, 4.69) is 0 Å². The molecule has 4 nitrogen and oxygen atoms in total. The molecule has 0 unspecified atom stereocenters. The van der Waals surface area contributed by atoms with Crippen molar-refractivity contribution >= 4 is 6.29 Å². The summed E-state index contributed by atoms with van der Waals surface area (Å²) in [7, 11) is 0. The zero-order valence-electron chi connectivity index (χ0n) is 9.40. The first-order valence-corrected chi connectivity index (χ1v) is 4.92. The summed E-state index contributed by atoms with van der Waals surface area (Å²) in [4.78, 5) is 9.93. The van der Waals surface area contributed by atoms with E-state index in [1.54, 1.807) is 19.1 Å². The Morgan fingerprint density at radius 1 is 1.12 bits per heavy atom. The molecule has 2 N–H and O–H groups in total. The summed E-state index contributed by atoms with van der Waals surface area (Å²) in [6.07, 6.45) is 0.688. The number of furan rings is 2. The molecule has 0 saturated heterocycles. The van der Waals surface area contributed by atoms with Gasteiger partial charge < -0.3 is 14.6 Å². The molecule has 0 amide bonds. The molecule has 2 aromatic rings. The van der Waals surface area contributed by atoms with Crippen LogP contribution in [0.25, 0.3) is 0 Å². The third-order valence-corrected chi connectivity index (χ3v) is 1.87. The maximum Gasteiger partial charge on any atom is 0.185 e. The molecule has 16 heavy (non-hydrogen) atoms. The van der Waals surface area contributed by atoms with E-state index in [-0.39, 0.29) is 0 Å². The molecule has 2 heterocycles. The maximum absolute atomic E-state index is 9.93. The average Bonchev–Trinajstić information content (AvgIpc) is 2.88. The van der Waals surface area contributed by atoms with Crippen molar-refractivity contribution < 1.29 is 13.6 Å². The van der Waals surface area contributed by atoms with E-state index in [9.17, 15) is 4.79 Å². The van der Waals surface area contributed by atoms with Crippen LogP contribution < -0.4 is 5.73 Å². The summed E-state index contributed by atoms with van der Waals surface area (Å²) in [5.41, 5.74) is 5.27. The lowest BCUT2D eigenvalue weighted by Crippen LogP contribution is -1.92. The van der Waals surface area contributed by atoms with Crippen molar-refractivity contribution in [3.05, 3.63) is 47.3 Å². The van der Waals surface area contributed by atoms with E-state index >= 15 is 0 Å². The number of rotatable bonds is 2. The van der Waals surface area contributed by atoms with Gasteiger partial charge in [-0.3, -0.25) is 4.79 Å². The van der Waals surface area contributed by atoms with Crippen LogP contribution in [0.1, 0.15) is 27.8 Å². The lowest BCUT2D eigenvalue weighted by Gasteiger charge is -1.83. The monoisotopic (exact) mass is 221 g/mol. The van der Waals surface area contributed by atoms with Crippen LogP contribution in [0, 0.1) is 13.8 Å². The summed E-state index contributed by atoms with van der Waals surface area (Å²) in [6, 6.07) is 7.18. The van der Waals surface area contributed by atoms with E-state index in [4.69, 9.17) is 14.6 Å². The van der Waals surface area contributed by atoms with Gasteiger partial charge in [-0.15, -0.1) is 0 Å². The van der Waals surface area contributed by atoms with Gasteiger partial charge in [-0.05, 0) is 38.1 Å². The number of carbonyl (C=O) groups is 1. The summed E-state index contributed by atoms with van der Waals surface area (Å²) in [5, 5.41) is 0. The smallest absolute Gasteiger partial charge is 0.185 e. The number of hydrogen-bond donors (Lipinski definition) is 1. The van der Waals surface area contributed by atoms with Gasteiger partial charge in [0.25, 0.3) is 0 Å². The molecular formula is C12H15NO3. The van der Waals surface area contributed by atoms with Gasteiger partial charge in [0.1, 0.15) is 17.3 Å². The van der Waals surface area contributed by atoms with E-state index < -0.39 is 0 Å². The molecule has 0 saturated carbocycles. The van der Waals surface area contributed by atoms with Gasteiger partial charge in [-0.1, -0.05) is 0 Å². The number of hydrogen-bond acceptors (Lipinski definition) is 4. The predicted molar refractivity (Wildman–Crippen MR) is 60.2 cm³/mol. The minimum absolute atomic E-state index is 0.391. The second-order valence-electron chi connectivity index (χ2n) is 3.28. The molecule has 0 spiro atoms. The van der Waals surface area contributed by atoms with Gasteiger partial charge in [0.05, 0.1) is 6.54 Å². The van der Waals surface area contributed by atoms with Crippen molar-refractivity contribution in [2.45, 2.75) is 20.4 Å². The summed E-state index contributed by atoms with van der Waals surface area (Å²) >= 11 is 0. The highest BCUT2D eigenvalue weighted by molar-refractivity contribution is 5.70. The first-order chi connectivity index (χ1) is 7.65. The van der Waals surface area contributed by atoms with Crippen molar-refractivity contribution in [1.82, 2.24) is 0 Å². The van der Waals surface area contributed by atoms with Crippen molar-refractivity contribution in [2.24, 2.45) is 5.73 Å². The standard InChI is InChI=1S/C6H9NO.C6H6O2/c2*1-5-2-3-6(4-7)8-5/h2-3H,4,7H2,1H3;2-4H,1H3. The molecule has 0 atom stereocenters. The van der Waals surface area contributed by atoms with Crippen molar-refractivity contribution in [1.29, 1.82) is 0 Å². The van der Waals surface area contributed by atoms with Crippen LogP contribution in [0.15, 0.2) is 33.1 Å². The Morgan fingerprint density at radius 2 is 1.75 bits per heavy atom. The number of carbonyl (C=O) groups excluding carboxylic acids is 1. The largest absolute Gasteiger partial charge is 0.465 e. The Labute approximate surface area is 94.0 Å². The normalized spacial score (nSPS) is 9.44. The molecule has 0 fully saturated rings. The molecule has 2 aromatic heterocycles. The molecule has 0 bridgehead atoms. The van der Waals surface area contributed by atoms with Crippen molar-refractivity contribution in [3.8, 4) is 0 Å². The van der Waals surface area contributed by atoms with Crippen LogP contribution in [-0.4, -0.2) is 6.29 Å². The number of aldehydes is 1. The topological polar surface area (TPSA) is 69.4 Å². The zero-order chi connectivity index (χ0) is 12.0. The van der Waals surface area contributed by atoms with Gasteiger partial charge in [0.15, 0.2) is 12.0 Å². The molecule has 86 valence electrons. The summed E-state index contributed by atoms with van der Waals surface area (Å²) in [6.45, 7) is 4.19. The Balaban J connectivity index is 0.000000160. The van der Waals surface area contributed by atoms with E-state index in [0.29, 0.717) is 18.6 Å². The molecule has 0 aromatic carbocycles. The van der Waals surface area contributed by atoms with Gasteiger partial charge in [0.2, 0.25) is 0 Å². The highest BCUT2D eigenvalue weighted by Crippen LogP contribution is 2.03. The first kappa shape index (κ1) is 12.3. The second-order valence-corrected chi connectivity index (χ2v) is 3.28. The first-order valence-electron chi connectivity index (χ1n) is 4.92. The van der Waals surface area contributed by atoms with Gasteiger partial charge in [-0.25, -0.2) is 0 Å². The van der Waals surface area contributed by atoms with Crippen LogP contribution in [0.3, 0.4) is 0 Å². The Hall–Kier alpha value is -1.81. The van der Waals surface area contributed by atoms with Crippen molar-refractivity contribution in [2.75, 3.05) is 0 Å². The number of nitrogens with two attached hydrogens (primary N) is 1. The second kappa shape index (κ2) is 5.92. The predicted octanol–water partition coefficient (Wildman–Crippen LogP) is 2.45. The van der Waals surface area contributed by atoms with Gasteiger partial charge in [-0.2, -0.15) is 0 Å². The zero-order valence-corrected chi connectivity index (χ0v) is 9.40. The molecule has 2 rings (SSSR count). The van der Waals surface area contributed by atoms with Crippen LogP contribution in [0.2, 0.25) is 0 Å². The molecule has 4 heteroatoms. The maximum atomic E-state index is 9.93. The molecule has 0 aliphatic carbocycles. The van der Waals surface area contributed by atoms with Crippen LogP contribution in [0.5, 0.6) is 0 Å². The van der Waals surface area contributed by atoms with E-state index in [0.717, 1.165) is 17.3 Å².